The molecule has 0 radical (unpaired) electrons. The summed E-state index contributed by atoms with van der Waals surface area (Å²) in [6, 6.07) is 15.0. The fourth-order valence-electron chi connectivity index (χ4n) is 2.69. The van der Waals surface area contributed by atoms with E-state index in [4.69, 9.17) is 4.74 Å². The van der Waals surface area contributed by atoms with E-state index in [2.05, 4.69) is 15.3 Å². The average Bonchev–Trinajstić information content (AvgIpc) is 3.10. The Hall–Kier alpha value is -3.46. The molecule has 2 aromatic heterocycles. The van der Waals surface area contributed by atoms with E-state index in [0.717, 1.165) is 6.07 Å². The summed E-state index contributed by atoms with van der Waals surface area (Å²) in [6.45, 7) is 0. The molecule has 0 saturated carbocycles. The number of nitrogens with zero attached hydrogens (tertiary/aromatic N) is 2. The smallest absolute Gasteiger partial charge is 0.420 e. The van der Waals surface area contributed by atoms with Gasteiger partial charge in [0, 0.05) is 23.6 Å². The molecule has 4 aromatic rings. The summed E-state index contributed by atoms with van der Waals surface area (Å²) >= 11 is 0.695. The quantitative estimate of drug-likeness (QED) is 0.349. The molecule has 0 spiro atoms. The van der Waals surface area contributed by atoms with Crippen molar-refractivity contribution in [2.24, 2.45) is 0 Å². The number of aromatic nitrogens is 2. The van der Waals surface area contributed by atoms with Gasteiger partial charge in [0.15, 0.2) is 5.13 Å². The van der Waals surface area contributed by atoms with Crippen molar-refractivity contribution >= 4 is 22.2 Å². The Labute approximate surface area is 172 Å². The molecule has 4 nitrogen and oxygen atoms in total. The molecule has 0 saturated heterocycles. The minimum Gasteiger partial charge on any atom is -0.457 e. The number of ether oxygens (including phenoxy) is 1. The standard InChI is InChI=1S/C21H13F4N3OS/c22-19-18(13-5-4-10-26-12-13)28-20(30-19)27-14-8-9-17(16(11-14)21(23,24)25)29-15-6-2-1-3-7-15/h1-12H,(H,27,28). The van der Waals surface area contributed by atoms with Gasteiger partial charge >= 0.3 is 6.18 Å². The third-order valence-electron chi connectivity index (χ3n) is 4.03. The largest absolute Gasteiger partial charge is 0.457 e. The van der Waals surface area contributed by atoms with E-state index in [1.807, 2.05) is 0 Å². The van der Waals surface area contributed by atoms with E-state index in [1.165, 1.54) is 18.3 Å². The van der Waals surface area contributed by atoms with Crippen LogP contribution in [-0.4, -0.2) is 9.97 Å². The lowest BCUT2D eigenvalue weighted by atomic mass is 10.1. The van der Waals surface area contributed by atoms with Crippen molar-refractivity contribution in [2.75, 3.05) is 5.32 Å². The first-order valence-corrected chi connectivity index (χ1v) is 9.50. The van der Waals surface area contributed by atoms with Crippen LogP contribution in [0.5, 0.6) is 11.5 Å². The van der Waals surface area contributed by atoms with Gasteiger partial charge in [0.2, 0.25) is 5.13 Å². The highest BCUT2D eigenvalue weighted by molar-refractivity contribution is 7.14. The summed E-state index contributed by atoms with van der Waals surface area (Å²) < 4.78 is 60.4. The number of hydrogen-bond acceptors (Lipinski definition) is 5. The van der Waals surface area contributed by atoms with Crippen LogP contribution in [-0.2, 0) is 6.18 Å². The van der Waals surface area contributed by atoms with E-state index in [9.17, 15) is 17.6 Å². The van der Waals surface area contributed by atoms with Gasteiger partial charge in [-0.1, -0.05) is 29.5 Å². The predicted molar refractivity (Wildman–Crippen MR) is 107 cm³/mol. The van der Waals surface area contributed by atoms with Crippen molar-refractivity contribution in [3.05, 3.63) is 83.8 Å². The van der Waals surface area contributed by atoms with Crippen molar-refractivity contribution in [3.8, 4) is 22.8 Å². The van der Waals surface area contributed by atoms with E-state index in [0.29, 0.717) is 16.9 Å². The molecule has 30 heavy (non-hydrogen) atoms. The van der Waals surface area contributed by atoms with Gasteiger partial charge in [-0.25, -0.2) is 4.98 Å². The Morgan fingerprint density at radius 3 is 2.47 bits per heavy atom. The molecule has 0 amide bonds. The van der Waals surface area contributed by atoms with Crippen LogP contribution in [0, 0.1) is 5.13 Å². The van der Waals surface area contributed by atoms with Crippen LogP contribution in [0.4, 0.5) is 28.4 Å². The van der Waals surface area contributed by atoms with Crippen molar-refractivity contribution in [1.82, 2.24) is 9.97 Å². The van der Waals surface area contributed by atoms with Crippen LogP contribution >= 0.6 is 11.3 Å². The number of pyridine rings is 1. The predicted octanol–water partition coefficient (Wildman–Crippen LogP) is 6.90. The molecule has 1 N–H and O–H groups in total. The van der Waals surface area contributed by atoms with E-state index < -0.39 is 16.9 Å². The van der Waals surface area contributed by atoms with Crippen LogP contribution in [0.15, 0.2) is 73.1 Å². The highest BCUT2D eigenvalue weighted by Gasteiger charge is 2.35. The fraction of sp³-hybridized carbons (Fsp3) is 0.0476. The molecule has 0 unspecified atom stereocenters. The Balaban J connectivity index is 1.62. The van der Waals surface area contributed by atoms with Gasteiger partial charge in [0.05, 0.1) is 0 Å². The number of anilines is 2. The number of thiazole rings is 1. The van der Waals surface area contributed by atoms with Crippen molar-refractivity contribution in [1.29, 1.82) is 0 Å². The molecular formula is C21H13F4N3OS. The number of rotatable bonds is 5. The average molecular weight is 431 g/mol. The van der Waals surface area contributed by atoms with Crippen LogP contribution < -0.4 is 10.1 Å². The second kappa shape index (κ2) is 8.11. The molecule has 0 aliphatic carbocycles. The van der Waals surface area contributed by atoms with Gasteiger partial charge < -0.3 is 10.1 Å². The van der Waals surface area contributed by atoms with E-state index >= 15 is 0 Å². The van der Waals surface area contributed by atoms with Crippen LogP contribution in [0.25, 0.3) is 11.3 Å². The summed E-state index contributed by atoms with van der Waals surface area (Å²) in [5.41, 5.74) is -0.298. The summed E-state index contributed by atoms with van der Waals surface area (Å²) in [5, 5.41) is 2.29. The lowest BCUT2D eigenvalue weighted by Gasteiger charge is -2.15. The first-order chi connectivity index (χ1) is 14.4. The van der Waals surface area contributed by atoms with Gasteiger partial charge in [-0.2, -0.15) is 17.6 Å². The SMILES string of the molecule is Fc1sc(Nc2ccc(Oc3ccccc3)c(C(F)(F)F)c2)nc1-c1cccnc1. The zero-order valence-electron chi connectivity index (χ0n) is 15.2. The van der Waals surface area contributed by atoms with Crippen molar-refractivity contribution in [3.63, 3.8) is 0 Å². The molecule has 4 rings (SSSR count). The first kappa shape index (κ1) is 19.8. The van der Waals surface area contributed by atoms with Crippen LogP contribution in [0.1, 0.15) is 5.56 Å². The van der Waals surface area contributed by atoms with Gasteiger partial charge in [-0.05, 0) is 42.5 Å². The Kier molecular flexibility index (Phi) is 5.37. The third kappa shape index (κ3) is 4.41. The molecular weight excluding hydrogens is 418 g/mol. The highest BCUT2D eigenvalue weighted by atomic mass is 32.1. The summed E-state index contributed by atoms with van der Waals surface area (Å²) in [7, 11) is 0. The van der Waals surface area contributed by atoms with Crippen LogP contribution in [0.2, 0.25) is 0 Å². The third-order valence-corrected chi connectivity index (χ3v) is 4.79. The fourth-order valence-corrected chi connectivity index (χ4v) is 3.43. The van der Waals surface area contributed by atoms with Crippen LogP contribution in [0.3, 0.4) is 0 Å². The topological polar surface area (TPSA) is 47.0 Å². The normalized spacial score (nSPS) is 11.3. The molecule has 0 bridgehead atoms. The van der Waals surface area contributed by atoms with Gasteiger partial charge in [-0.15, -0.1) is 0 Å². The Morgan fingerprint density at radius 2 is 1.77 bits per heavy atom. The van der Waals surface area contributed by atoms with E-state index in [1.54, 1.807) is 48.7 Å². The first-order valence-electron chi connectivity index (χ1n) is 8.68. The molecule has 0 fully saturated rings. The molecule has 2 heterocycles. The zero-order chi connectivity index (χ0) is 21.1. The number of halogens is 4. The number of para-hydroxylation sites is 1. The Bertz CT molecular complexity index is 1150. The maximum absolute atomic E-state index is 14.3. The molecule has 152 valence electrons. The lowest BCUT2D eigenvalue weighted by molar-refractivity contribution is -0.138. The number of benzene rings is 2. The second-order valence-electron chi connectivity index (χ2n) is 6.13. The summed E-state index contributed by atoms with van der Waals surface area (Å²) in [6.07, 6.45) is -1.64. The molecule has 2 aromatic carbocycles. The number of hydrogen-bond donors (Lipinski definition) is 1. The summed E-state index contributed by atoms with van der Waals surface area (Å²) in [5.74, 6) is -0.0487. The van der Waals surface area contributed by atoms with Crippen molar-refractivity contribution in [2.45, 2.75) is 6.18 Å². The maximum Gasteiger partial charge on any atom is 0.420 e. The Morgan fingerprint density at radius 1 is 0.967 bits per heavy atom. The number of alkyl halides is 3. The molecule has 0 aliphatic rings. The van der Waals surface area contributed by atoms with E-state index in [-0.39, 0.29) is 28.0 Å². The minimum absolute atomic E-state index is 0.0793. The van der Waals surface area contributed by atoms with Gasteiger partial charge in [0.1, 0.15) is 22.8 Å². The number of nitrogens with one attached hydrogen (secondary N) is 1. The molecule has 0 aliphatic heterocycles. The monoisotopic (exact) mass is 431 g/mol. The lowest BCUT2D eigenvalue weighted by Crippen LogP contribution is -2.08. The van der Waals surface area contributed by atoms with Gasteiger partial charge in [-0.3, -0.25) is 4.98 Å². The van der Waals surface area contributed by atoms with Gasteiger partial charge in [0.25, 0.3) is 0 Å². The second-order valence-corrected chi connectivity index (χ2v) is 7.08. The minimum atomic E-state index is -4.64. The van der Waals surface area contributed by atoms with Crippen molar-refractivity contribution < 1.29 is 22.3 Å². The molecule has 0 atom stereocenters. The molecule has 9 heteroatoms. The zero-order valence-corrected chi connectivity index (χ0v) is 16.0. The highest BCUT2D eigenvalue weighted by Crippen LogP contribution is 2.40. The summed E-state index contributed by atoms with van der Waals surface area (Å²) in [4.78, 5) is 8.05. The maximum atomic E-state index is 14.3.